The number of benzene rings is 2. The minimum atomic E-state index is -0.609. The first-order chi connectivity index (χ1) is 26.2. The Balaban J connectivity index is 1.05. The number of carbonyl (C=O) groups is 2. The number of morpholine rings is 1. The van der Waals surface area contributed by atoms with E-state index in [1.54, 1.807) is 47.5 Å². The fourth-order valence-electron chi connectivity index (χ4n) is 6.31. The number of hydrogen-bond donors (Lipinski definition) is 3. The van der Waals surface area contributed by atoms with Crippen molar-refractivity contribution in [3.63, 3.8) is 0 Å². The Kier molecular flexibility index (Phi) is 11.0. The number of H-pyrrole nitrogens is 1. The zero-order chi connectivity index (χ0) is 37.6. The average Bonchev–Trinajstić information content (AvgIpc) is 3.20. The highest BCUT2D eigenvalue weighted by atomic mass is 19.1. The van der Waals surface area contributed by atoms with Gasteiger partial charge in [0.25, 0.3) is 11.5 Å². The molecule has 0 bridgehead atoms. The third-order valence-corrected chi connectivity index (χ3v) is 9.27. The summed E-state index contributed by atoms with van der Waals surface area (Å²) in [6, 6.07) is 14.8. The number of likely N-dealkylation sites (N-methyl/N-ethyl adjacent to an activating group) is 1. The van der Waals surface area contributed by atoms with Crippen LogP contribution >= 0.6 is 0 Å². The van der Waals surface area contributed by atoms with Crippen LogP contribution in [0.15, 0.2) is 65.6 Å². The van der Waals surface area contributed by atoms with E-state index < -0.39 is 11.7 Å². The Labute approximate surface area is 310 Å². The molecule has 2 aliphatic heterocycles. The van der Waals surface area contributed by atoms with E-state index in [2.05, 4.69) is 25.8 Å². The van der Waals surface area contributed by atoms with Gasteiger partial charge in [0.2, 0.25) is 11.9 Å². The molecule has 2 saturated heterocycles. The second kappa shape index (κ2) is 16.3. The number of carbonyl (C=O) groups excluding carboxylic acids is 2. The van der Waals surface area contributed by atoms with Crippen LogP contribution in [0.4, 0.5) is 26.9 Å². The van der Waals surface area contributed by atoms with Gasteiger partial charge in [0.15, 0.2) is 5.82 Å². The normalized spacial score (nSPS) is 14.8. The van der Waals surface area contributed by atoms with Crippen molar-refractivity contribution >= 4 is 40.4 Å². The standard InChI is InChI=1S/C37H41FN12O4/c1-47(2)12-11-39-37(53)41-31-10-8-25(23-40-31)32-42-35(44-36(43-32)50-17-19-54-20-18-50)49-15-13-48(14-16-49)34(52)28-21-24(7-9-29(28)38)22-30-26-5-3-4-6-27(26)33(51)46-45-30/h3-10,21,23H,11-20,22H2,1-2H3,(H,46,51)(H2,39,40,41,53). The molecule has 0 saturated carbocycles. The lowest BCUT2D eigenvalue weighted by atomic mass is 10.0. The summed E-state index contributed by atoms with van der Waals surface area (Å²) in [5.41, 5.74) is 1.65. The molecule has 3 amide bonds. The fraction of sp³-hybridized carbons (Fsp3) is 0.351. The lowest BCUT2D eigenvalue weighted by molar-refractivity contribution is 0.0741. The average molecular weight is 737 g/mol. The predicted octanol–water partition coefficient (Wildman–Crippen LogP) is 2.38. The van der Waals surface area contributed by atoms with E-state index >= 15 is 4.39 Å². The van der Waals surface area contributed by atoms with Gasteiger partial charge >= 0.3 is 6.03 Å². The van der Waals surface area contributed by atoms with Crippen molar-refractivity contribution in [1.82, 2.24) is 45.2 Å². The second-order valence-corrected chi connectivity index (χ2v) is 13.3. The van der Waals surface area contributed by atoms with Gasteiger partial charge in [0, 0.05) is 75.9 Å². The Morgan fingerprint density at radius 2 is 1.63 bits per heavy atom. The molecule has 16 nitrogen and oxygen atoms in total. The van der Waals surface area contributed by atoms with Crippen molar-refractivity contribution < 1.29 is 18.7 Å². The second-order valence-electron chi connectivity index (χ2n) is 13.3. The summed E-state index contributed by atoms with van der Waals surface area (Å²) in [5, 5.41) is 13.5. The number of pyridine rings is 1. The Hall–Kier alpha value is -6.07. The topological polar surface area (TPSA) is 178 Å². The van der Waals surface area contributed by atoms with Gasteiger partial charge < -0.3 is 29.7 Å². The van der Waals surface area contributed by atoms with Crippen molar-refractivity contribution in [2.45, 2.75) is 6.42 Å². The molecule has 0 aliphatic carbocycles. The fourth-order valence-corrected chi connectivity index (χ4v) is 6.31. The van der Waals surface area contributed by atoms with Crippen molar-refractivity contribution in [2.24, 2.45) is 0 Å². The van der Waals surface area contributed by atoms with Crippen LogP contribution in [0, 0.1) is 5.82 Å². The summed E-state index contributed by atoms with van der Waals surface area (Å²) in [4.78, 5) is 64.7. The highest BCUT2D eigenvalue weighted by Crippen LogP contribution is 2.25. The molecular weight excluding hydrogens is 695 g/mol. The molecule has 54 heavy (non-hydrogen) atoms. The van der Waals surface area contributed by atoms with Gasteiger partial charge in [-0.25, -0.2) is 19.3 Å². The van der Waals surface area contributed by atoms with Crippen LogP contribution in [-0.2, 0) is 11.2 Å². The van der Waals surface area contributed by atoms with Gasteiger partial charge in [-0.05, 0) is 50.0 Å². The Bertz CT molecular complexity index is 2190. The van der Waals surface area contributed by atoms with E-state index in [4.69, 9.17) is 19.7 Å². The third kappa shape index (κ3) is 8.42. The molecule has 2 aliphatic rings. The van der Waals surface area contributed by atoms with Gasteiger partial charge in [-0.15, -0.1) is 0 Å². The van der Waals surface area contributed by atoms with Crippen LogP contribution in [0.25, 0.3) is 22.2 Å². The maximum Gasteiger partial charge on any atom is 0.320 e. The summed E-state index contributed by atoms with van der Waals surface area (Å²) in [6.45, 7) is 5.01. The number of urea groups is 1. The van der Waals surface area contributed by atoms with Gasteiger partial charge in [-0.1, -0.05) is 24.3 Å². The molecular formula is C37H41FN12O4. The molecule has 7 rings (SSSR count). The number of amides is 3. The summed E-state index contributed by atoms with van der Waals surface area (Å²) in [5.74, 6) is 0.728. The van der Waals surface area contributed by atoms with Gasteiger partial charge in [-0.2, -0.15) is 20.1 Å². The number of anilines is 3. The quantitative estimate of drug-likeness (QED) is 0.191. The molecule has 0 spiro atoms. The minimum Gasteiger partial charge on any atom is -0.378 e. The lowest BCUT2D eigenvalue weighted by Gasteiger charge is -2.35. The highest BCUT2D eigenvalue weighted by Gasteiger charge is 2.27. The van der Waals surface area contributed by atoms with Crippen molar-refractivity contribution in [3.8, 4) is 11.4 Å². The van der Waals surface area contributed by atoms with Crippen LogP contribution in [0.5, 0.6) is 0 Å². The van der Waals surface area contributed by atoms with Crippen molar-refractivity contribution in [2.75, 3.05) is 94.8 Å². The first-order valence-electron chi connectivity index (χ1n) is 17.8. The maximum atomic E-state index is 15.2. The number of piperazine rings is 1. The van der Waals surface area contributed by atoms with Crippen molar-refractivity contribution in [1.29, 1.82) is 0 Å². The lowest BCUT2D eigenvalue weighted by Crippen LogP contribution is -2.49. The Morgan fingerprint density at radius 3 is 2.33 bits per heavy atom. The minimum absolute atomic E-state index is 0.0248. The zero-order valence-electron chi connectivity index (χ0n) is 30.1. The number of aromatic nitrogens is 6. The number of ether oxygens (including phenoxy) is 1. The number of aromatic amines is 1. The van der Waals surface area contributed by atoms with Crippen LogP contribution in [0.3, 0.4) is 0 Å². The van der Waals surface area contributed by atoms with Crippen LogP contribution in [-0.4, -0.2) is 132 Å². The number of nitrogens with zero attached hydrogens (tertiary/aromatic N) is 9. The molecule has 17 heteroatoms. The van der Waals surface area contributed by atoms with Crippen molar-refractivity contribution in [3.05, 3.63) is 93.8 Å². The molecule has 3 aromatic heterocycles. The summed E-state index contributed by atoms with van der Waals surface area (Å²) >= 11 is 0. The highest BCUT2D eigenvalue weighted by molar-refractivity contribution is 5.95. The SMILES string of the molecule is CN(C)CCNC(=O)Nc1ccc(-c2nc(N3CCOCC3)nc(N3CCN(C(=O)c4cc(Cc5n[nH]c(=O)c6ccccc56)ccc4F)CC3)n2)cn1. The molecule has 0 atom stereocenters. The van der Waals surface area contributed by atoms with Crippen LogP contribution in [0.1, 0.15) is 21.6 Å². The summed E-state index contributed by atoms with van der Waals surface area (Å²) in [6.07, 6.45) is 1.91. The van der Waals surface area contributed by atoms with E-state index in [1.807, 2.05) is 40.9 Å². The number of hydrogen-bond acceptors (Lipinski definition) is 12. The molecule has 2 aromatic carbocycles. The Morgan fingerprint density at radius 1 is 0.907 bits per heavy atom. The molecule has 0 unspecified atom stereocenters. The van der Waals surface area contributed by atoms with Gasteiger partial charge in [0.05, 0.1) is 29.9 Å². The molecule has 5 heterocycles. The monoisotopic (exact) mass is 736 g/mol. The first-order valence-corrected chi connectivity index (χ1v) is 17.8. The smallest absolute Gasteiger partial charge is 0.320 e. The molecule has 3 N–H and O–H groups in total. The van der Waals surface area contributed by atoms with E-state index in [1.165, 1.54) is 6.07 Å². The van der Waals surface area contributed by atoms with Crippen LogP contribution in [0.2, 0.25) is 0 Å². The predicted molar refractivity (Wildman–Crippen MR) is 201 cm³/mol. The van der Waals surface area contributed by atoms with E-state index in [0.29, 0.717) is 123 Å². The van der Waals surface area contributed by atoms with E-state index in [0.717, 1.165) is 0 Å². The third-order valence-electron chi connectivity index (χ3n) is 9.27. The molecule has 5 aromatic rings. The number of halogens is 1. The first kappa shape index (κ1) is 36.3. The maximum absolute atomic E-state index is 15.2. The van der Waals surface area contributed by atoms with E-state index in [-0.39, 0.29) is 17.2 Å². The summed E-state index contributed by atoms with van der Waals surface area (Å²) in [7, 11) is 3.86. The zero-order valence-corrected chi connectivity index (χ0v) is 30.1. The summed E-state index contributed by atoms with van der Waals surface area (Å²) < 4.78 is 20.7. The molecule has 2 fully saturated rings. The molecule has 0 radical (unpaired) electrons. The van der Waals surface area contributed by atoms with Crippen LogP contribution < -0.4 is 26.0 Å². The number of fused-ring (bicyclic) bond motifs is 1. The number of rotatable bonds is 10. The number of nitrogens with one attached hydrogen (secondary N) is 3. The molecule has 280 valence electrons. The van der Waals surface area contributed by atoms with Gasteiger partial charge in [0.1, 0.15) is 11.6 Å². The van der Waals surface area contributed by atoms with Gasteiger partial charge in [-0.3, -0.25) is 14.9 Å². The largest absolute Gasteiger partial charge is 0.378 e. The van der Waals surface area contributed by atoms with E-state index in [9.17, 15) is 14.4 Å².